The SMILES string of the molecule is Nc1c(Br)c2c3c(c1Br)CCCC3CCC2. The molecule has 1 aromatic rings. The molecule has 2 aliphatic carbocycles. The lowest BCUT2D eigenvalue weighted by Crippen LogP contribution is -2.19. The molecule has 0 aliphatic heterocycles. The summed E-state index contributed by atoms with van der Waals surface area (Å²) in [6.45, 7) is 0. The summed E-state index contributed by atoms with van der Waals surface area (Å²) in [5.74, 6) is 0.792. The third kappa shape index (κ3) is 1.47. The van der Waals surface area contributed by atoms with Gasteiger partial charge in [0.05, 0.1) is 5.69 Å². The first-order chi connectivity index (χ1) is 7.70. The second-order valence-electron chi connectivity index (χ2n) is 4.89. The fourth-order valence-corrected chi connectivity index (χ4v) is 4.79. The molecule has 0 saturated heterocycles. The van der Waals surface area contributed by atoms with Gasteiger partial charge in [-0.1, -0.05) is 0 Å². The monoisotopic (exact) mass is 343 g/mol. The van der Waals surface area contributed by atoms with Gasteiger partial charge in [-0.25, -0.2) is 0 Å². The van der Waals surface area contributed by atoms with Crippen molar-refractivity contribution >= 4 is 37.5 Å². The molecule has 86 valence electrons. The zero-order valence-electron chi connectivity index (χ0n) is 9.15. The Kier molecular flexibility index (Phi) is 2.79. The summed E-state index contributed by atoms with van der Waals surface area (Å²) in [5, 5.41) is 0. The first kappa shape index (κ1) is 11.1. The lowest BCUT2D eigenvalue weighted by molar-refractivity contribution is 0.475. The molecule has 0 aromatic heterocycles. The van der Waals surface area contributed by atoms with Crippen molar-refractivity contribution in [2.45, 2.75) is 44.4 Å². The Morgan fingerprint density at radius 3 is 1.94 bits per heavy atom. The normalized spacial score (nSPS) is 19.6. The highest BCUT2D eigenvalue weighted by Crippen LogP contribution is 2.49. The minimum absolute atomic E-state index is 0.792. The van der Waals surface area contributed by atoms with Gasteiger partial charge in [-0.05, 0) is 93.0 Å². The Bertz CT molecular complexity index is 417. The maximum absolute atomic E-state index is 6.16. The predicted octanol–water partition coefficient (Wildman–Crippen LogP) is 4.55. The van der Waals surface area contributed by atoms with Crippen LogP contribution < -0.4 is 5.73 Å². The van der Waals surface area contributed by atoms with Gasteiger partial charge in [-0.2, -0.15) is 0 Å². The maximum atomic E-state index is 6.16. The molecule has 3 heteroatoms. The molecule has 0 radical (unpaired) electrons. The molecule has 0 atom stereocenters. The zero-order valence-corrected chi connectivity index (χ0v) is 12.3. The minimum Gasteiger partial charge on any atom is -0.397 e. The highest BCUT2D eigenvalue weighted by molar-refractivity contribution is 9.11. The first-order valence-corrected chi connectivity index (χ1v) is 7.56. The second kappa shape index (κ2) is 4.02. The zero-order chi connectivity index (χ0) is 11.3. The molecule has 0 saturated carbocycles. The molecule has 0 heterocycles. The largest absolute Gasteiger partial charge is 0.397 e. The highest BCUT2D eigenvalue weighted by Gasteiger charge is 2.30. The van der Waals surface area contributed by atoms with Gasteiger partial charge in [0.25, 0.3) is 0 Å². The van der Waals surface area contributed by atoms with Crippen LogP contribution in [0.3, 0.4) is 0 Å². The van der Waals surface area contributed by atoms with Crippen LogP contribution in [0.25, 0.3) is 0 Å². The maximum Gasteiger partial charge on any atom is 0.0608 e. The number of nitrogens with two attached hydrogens (primary N) is 1. The van der Waals surface area contributed by atoms with Gasteiger partial charge in [-0.15, -0.1) is 0 Å². The van der Waals surface area contributed by atoms with E-state index in [0.29, 0.717) is 0 Å². The lowest BCUT2D eigenvalue weighted by Gasteiger charge is -2.34. The van der Waals surface area contributed by atoms with Crippen LogP contribution in [0.15, 0.2) is 8.95 Å². The van der Waals surface area contributed by atoms with Gasteiger partial charge in [0.15, 0.2) is 0 Å². The number of rotatable bonds is 0. The van der Waals surface area contributed by atoms with E-state index in [4.69, 9.17) is 5.73 Å². The van der Waals surface area contributed by atoms with E-state index in [0.717, 1.165) is 20.6 Å². The van der Waals surface area contributed by atoms with Crippen LogP contribution in [0.1, 0.15) is 48.3 Å². The molecule has 1 nitrogen and oxygen atoms in total. The Balaban J connectivity index is 2.32. The third-order valence-electron chi connectivity index (χ3n) is 4.02. The number of nitrogen functional groups attached to an aromatic ring is 1. The number of anilines is 1. The minimum atomic E-state index is 0.792. The molecular formula is C13H15Br2N. The van der Waals surface area contributed by atoms with E-state index < -0.39 is 0 Å². The molecule has 3 rings (SSSR count). The molecule has 2 N–H and O–H groups in total. The summed E-state index contributed by atoms with van der Waals surface area (Å²) in [4.78, 5) is 0. The van der Waals surface area contributed by atoms with Gasteiger partial charge in [0, 0.05) is 8.95 Å². The molecule has 1 aromatic carbocycles. The Labute approximate surface area is 113 Å². The van der Waals surface area contributed by atoms with Crippen LogP contribution in [-0.2, 0) is 12.8 Å². The van der Waals surface area contributed by atoms with E-state index in [1.807, 2.05) is 0 Å². The molecule has 0 bridgehead atoms. The van der Waals surface area contributed by atoms with E-state index >= 15 is 0 Å². The van der Waals surface area contributed by atoms with E-state index in [1.165, 1.54) is 49.7 Å². The fraction of sp³-hybridized carbons (Fsp3) is 0.538. The van der Waals surface area contributed by atoms with Gasteiger partial charge in [-0.3, -0.25) is 0 Å². The van der Waals surface area contributed by atoms with Crippen LogP contribution in [0.2, 0.25) is 0 Å². The van der Waals surface area contributed by atoms with E-state index in [2.05, 4.69) is 31.9 Å². The molecule has 2 aliphatic rings. The van der Waals surface area contributed by atoms with Gasteiger partial charge in [0.1, 0.15) is 0 Å². The molecule has 0 unspecified atom stereocenters. The van der Waals surface area contributed by atoms with Crippen molar-refractivity contribution in [1.29, 1.82) is 0 Å². The quantitative estimate of drug-likeness (QED) is 0.686. The lowest BCUT2D eigenvalue weighted by atomic mass is 9.73. The smallest absolute Gasteiger partial charge is 0.0608 e. The molecule has 16 heavy (non-hydrogen) atoms. The standard InChI is InChI=1S/C13H15Br2N/c14-11-8-5-1-3-7-4-2-6-9(10(7)8)12(15)13(11)16/h7H,1-6,16H2. The van der Waals surface area contributed by atoms with Crippen LogP contribution in [0, 0.1) is 0 Å². The van der Waals surface area contributed by atoms with Crippen molar-refractivity contribution in [2.24, 2.45) is 0 Å². The summed E-state index contributed by atoms with van der Waals surface area (Å²) < 4.78 is 2.29. The third-order valence-corrected chi connectivity index (χ3v) is 5.83. The van der Waals surface area contributed by atoms with Crippen LogP contribution in [0.5, 0.6) is 0 Å². The molecular weight excluding hydrogens is 330 g/mol. The van der Waals surface area contributed by atoms with Crippen molar-refractivity contribution < 1.29 is 0 Å². The van der Waals surface area contributed by atoms with Crippen LogP contribution in [-0.4, -0.2) is 0 Å². The number of benzene rings is 1. The predicted molar refractivity (Wildman–Crippen MR) is 74.9 cm³/mol. The van der Waals surface area contributed by atoms with Crippen molar-refractivity contribution in [2.75, 3.05) is 5.73 Å². The number of halogens is 2. The van der Waals surface area contributed by atoms with Crippen molar-refractivity contribution in [3.63, 3.8) is 0 Å². The second-order valence-corrected chi connectivity index (χ2v) is 6.48. The average Bonchev–Trinajstić information content (AvgIpc) is 2.33. The summed E-state index contributed by atoms with van der Waals surface area (Å²) in [7, 11) is 0. The molecule has 0 amide bonds. The summed E-state index contributed by atoms with van der Waals surface area (Å²) >= 11 is 7.35. The van der Waals surface area contributed by atoms with Crippen molar-refractivity contribution in [3.8, 4) is 0 Å². The summed E-state index contributed by atoms with van der Waals surface area (Å²) in [6.07, 6.45) is 7.74. The summed E-state index contributed by atoms with van der Waals surface area (Å²) in [6, 6.07) is 0. The van der Waals surface area contributed by atoms with E-state index in [9.17, 15) is 0 Å². The Morgan fingerprint density at radius 1 is 0.938 bits per heavy atom. The van der Waals surface area contributed by atoms with E-state index in [-0.39, 0.29) is 0 Å². The van der Waals surface area contributed by atoms with Crippen molar-refractivity contribution in [1.82, 2.24) is 0 Å². The van der Waals surface area contributed by atoms with Gasteiger partial charge < -0.3 is 5.73 Å². The van der Waals surface area contributed by atoms with E-state index in [1.54, 1.807) is 5.56 Å². The van der Waals surface area contributed by atoms with Gasteiger partial charge >= 0.3 is 0 Å². The Hall–Kier alpha value is -0.0200. The first-order valence-electron chi connectivity index (χ1n) is 5.98. The summed E-state index contributed by atoms with van der Waals surface area (Å²) in [5.41, 5.74) is 11.7. The highest BCUT2D eigenvalue weighted by atomic mass is 79.9. The number of hydrogen-bond donors (Lipinski definition) is 1. The fourth-order valence-electron chi connectivity index (χ4n) is 3.31. The van der Waals surface area contributed by atoms with Crippen molar-refractivity contribution in [3.05, 3.63) is 25.6 Å². The Morgan fingerprint density at radius 2 is 1.44 bits per heavy atom. The average molecular weight is 345 g/mol. The van der Waals surface area contributed by atoms with Crippen LogP contribution in [0.4, 0.5) is 5.69 Å². The number of hydrogen-bond acceptors (Lipinski definition) is 1. The molecule has 0 fully saturated rings. The van der Waals surface area contributed by atoms with Crippen LogP contribution >= 0.6 is 31.9 Å². The molecule has 0 spiro atoms. The van der Waals surface area contributed by atoms with Gasteiger partial charge in [0.2, 0.25) is 0 Å². The topological polar surface area (TPSA) is 26.0 Å².